The van der Waals surface area contributed by atoms with Gasteiger partial charge in [-0.1, -0.05) is 107 Å². The zero-order valence-corrected chi connectivity index (χ0v) is 26.5. The predicted molar refractivity (Wildman–Crippen MR) is 190 cm³/mol. The van der Waals surface area contributed by atoms with Crippen LogP contribution in [0.15, 0.2) is 127 Å². The number of aryl methyl sites for hydroxylation is 1. The number of para-hydroxylation sites is 1. The molecule has 6 aromatic carbocycles. The summed E-state index contributed by atoms with van der Waals surface area (Å²) in [6.45, 7) is 9.46. The number of hydrogen-bond donors (Lipinski definition) is 0. The third-order valence-corrected chi connectivity index (χ3v) is 10.8. The van der Waals surface area contributed by atoms with Gasteiger partial charge in [-0.15, -0.1) is 0 Å². The zero-order valence-electron chi connectivity index (χ0n) is 26.5. The van der Waals surface area contributed by atoms with E-state index in [1.165, 1.54) is 83.4 Å². The average Bonchev–Trinajstić information content (AvgIpc) is 3.57. The molecule has 2 aliphatic rings. The molecule has 9 rings (SSSR count). The molecule has 2 aliphatic carbocycles. The molecule has 0 saturated heterocycles. The Balaban J connectivity index is 1.28. The molecule has 7 aromatic rings. The van der Waals surface area contributed by atoms with Crippen molar-refractivity contribution in [3.05, 3.63) is 150 Å². The first-order valence-electron chi connectivity index (χ1n) is 16.0. The molecule has 0 atom stereocenters. The van der Waals surface area contributed by atoms with Crippen LogP contribution in [0.25, 0.3) is 44.1 Å². The zero-order chi connectivity index (χ0) is 30.7. The first kappa shape index (κ1) is 26.3. The molecule has 0 N–H and O–H groups in total. The summed E-state index contributed by atoms with van der Waals surface area (Å²) in [7, 11) is 2.17. The van der Waals surface area contributed by atoms with E-state index in [0.717, 1.165) is 0 Å². The average molecular weight is 581 g/mol. The topological polar surface area (TPSA) is 8.17 Å². The Hall–Kier alpha value is -5.08. The van der Waals surface area contributed by atoms with Gasteiger partial charge in [0.05, 0.1) is 0 Å². The highest BCUT2D eigenvalue weighted by molar-refractivity contribution is 6.09. The lowest BCUT2D eigenvalue weighted by molar-refractivity contribution is 0.660. The molecule has 2 heteroatoms. The molecule has 1 heterocycles. The second kappa shape index (κ2) is 8.99. The van der Waals surface area contributed by atoms with E-state index >= 15 is 0 Å². The Morgan fingerprint density at radius 3 is 1.47 bits per heavy atom. The molecule has 0 radical (unpaired) electrons. The lowest BCUT2D eigenvalue weighted by atomic mass is 9.82. The van der Waals surface area contributed by atoms with Crippen LogP contribution in [0, 0.1) is 0 Å². The van der Waals surface area contributed by atoms with Gasteiger partial charge in [0, 0.05) is 56.7 Å². The number of anilines is 3. The molecule has 0 saturated carbocycles. The van der Waals surface area contributed by atoms with E-state index in [2.05, 4.69) is 172 Å². The van der Waals surface area contributed by atoms with Gasteiger partial charge in [0.1, 0.15) is 0 Å². The highest BCUT2D eigenvalue weighted by Gasteiger charge is 2.37. The van der Waals surface area contributed by atoms with Gasteiger partial charge in [-0.05, 0) is 93.0 Å². The van der Waals surface area contributed by atoms with Gasteiger partial charge in [0.2, 0.25) is 0 Å². The van der Waals surface area contributed by atoms with Crippen LogP contribution in [0.3, 0.4) is 0 Å². The third kappa shape index (κ3) is 3.51. The third-order valence-electron chi connectivity index (χ3n) is 10.8. The van der Waals surface area contributed by atoms with Crippen molar-refractivity contribution < 1.29 is 0 Å². The fourth-order valence-electron chi connectivity index (χ4n) is 8.40. The standard InChI is InChI=1S/C43H36N2/c1-42(2)36-15-9-6-12-30(36)32-21-18-28(25-38(32)42)45(27-20-23-41-35(24-27)34-14-8-11-17-40(34)44(41)5)29-19-22-33-31-13-7-10-16-37(31)43(3,4)39(33)26-29/h6-26H,1-5H3. The van der Waals surface area contributed by atoms with Crippen molar-refractivity contribution in [2.45, 2.75) is 38.5 Å². The van der Waals surface area contributed by atoms with Crippen molar-refractivity contribution in [3.8, 4) is 22.3 Å². The van der Waals surface area contributed by atoms with Gasteiger partial charge in [0.25, 0.3) is 0 Å². The van der Waals surface area contributed by atoms with Crippen molar-refractivity contribution in [2.24, 2.45) is 7.05 Å². The number of fused-ring (bicyclic) bond motifs is 9. The van der Waals surface area contributed by atoms with Crippen LogP contribution >= 0.6 is 0 Å². The van der Waals surface area contributed by atoms with Crippen molar-refractivity contribution in [2.75, 3.05) is 4.90 Å². The summed E-state index contributed by atoms with van der Waals surface area (Å²) >= 11 is 0. The maximum absolute atomic E-state index is 2.47. The minimum absolute atomic E-state index is 0.0746. The highest BCUT2D eigenvalue weighted by atomic mass is 15.1. The monoisotopic (exact) mass is 580 g/mol. The van der Waals surface area contributed by atoms with Crippen LogP contribution in [0.4, 0.5) is 17.1 Å². The van der Waals surface area contributed by atoms with Crippen LogP contribution in [0.1, 0.15) is 49.9 Å². The Labute approximate surface area is 265 Å². The van der Waals surface area contributed by atoms with Crippen LogP contribution in [0.5, 0.6) is 0 Å². The van der Waals surface area contributed by atoms with Gasteiger partial charge in [-0.25, -0.2) is 0 Å². The number of hydrogen-bond acceptors (Lipinski definition) is 1. The van der Waals surface area contributed by atoms with E-state index < -0.39 is 0 Å². The molecule has 1 aromatic heterocycles. The summed E-state index contributed by atoms with van der Waals surface area (Å²) < 4.78 is 2.31. The molecule has 0 aliphatic heterocycles. The van der Waals surface area contributed by atoms with Gasteiger partial charge in [0.15, 0.2) is 0 Å². The summed E-state index contributed by atoms with van der Waals surface area (Å²) in [6, 6.07) is 47.7. The summed E-state index contributed by atoms with van der Waals surface area (Å²) in [4.78, 5) is 2.47. The molecule has 0 fully saturated rings. The van der Waals surface area contributed by atoms with Crippen LogP contribution < -0.4 is 4.90 Å². The molecular weight excluding hydrogens is 544 g/mol. The SMILES string of the molecule is Cn1c2ccccc2c2cc(N(c3ccc4c(c3)C(C)(C)c3ccccc3-4)c3ccc4c(c3)C(C)(C)c3ccccc3-4)ccc21. The van der Waals surface area contributed by atoms with E-state index in [1.807, 2.05) is 0 Å². The maximum Gasteiger partial charge on any atom is 0.0490 e. The lowest BCUT2D eigenvalue weighted by Gasteiger charge is -2.30. The van der Waals surface area contributed by atoms with Gasteiger partial charge in [-0.2, -0.15) is 0 Å². The number of aromatic nitrogens is 1. The highest BCUT2D eigenvalue weighted by Crippen LogP contribution is 2.53. The van der Waals surface area contributed by atoms with Crippen molar-refractivity contribution >= 4 is 38.9 Å². The first-order valence-corrected chi connectivity index (χ1v) is 16.0. The minimum atomic E-state index is -0.0746. The first-order chi connectivity index (χ1) is 21.7. The van der Waals surface area contributed by atoms with Gasteiger partial charge >= 0.3 is 0 Å². The molecule has 0 bridgehead atoms. The van der Waals surface area contributed by atoms with Crippen LogP contribution in [0.2, 0.25) is 0 Å². The Morgan fingerprint density at radius 2 is 0.867 bits per heavy atom. The Morgan fingerprint density at radius 1 is 0.422 bits per heavy atom. The van der Waals surface area contributed by atoms with Crippen molar-refractivity contribution in [3.63, 3.8) is 0 Å². The van der Waals surface area contributed by atoms with E-state index in [4.69, 9.17) is 0 Å². The van der Waals surface area contributed by atoms with E-state index in [-0.39, 0.29) is 10.8 Å². The summed E-state index contributed by atoms with van der Waals surface area (Å²) in [5, 5.41) is 2.56. The molecule has 218 valence electrons. The van der Waals surface area contributed by atoms with Gasteiger partial charge in [-0.3, -0.25) is 0 Å². The summed E-state index contributed by atoms with van der Waals surface area (Å²) in [5.41, 5.74) is 16.8. The quantitative estimate of drug-likeness (QED) is 0.202. The van der Waals surface area contributed by atoms with E-state index in [0.29, 0.717) is 0 Å². The maximum atomic E-state index is 2.47. The molecule has 0 unspecified atom stereocenters. The van der Waals surface area contributed by atoms with E-state index in [1.54, 1.807) is 0 Å². The number of nitrogens with zero attached hydrogens (tertiary/aromatic N) is 2. The molecule has 0 amide bonds. The normalized spacial score (nSPS) is 15.1. The second-order valence-electron chi connectivity index (χ2n) is 13.9. The van der Waals surface area contributed by atoms with Crippen LogP contribution in [-0.4, -0.2) is 4.57 Å². The Kier molecular flexibility index (Phi) is 5.26. The van der Waals surface area contributed by atoms with Crippen LogP contribution in [-0.2, 0) is 17.9 Å². The second-order valence-corrected chi connectivity index (χ2v) is 13.9. The summed E-state index contributed by atoms with van der Waals surface area (Å²) in [6.07, 6.45) is 0. The van der Waals surface area contributed by atoms with Crippen molar-refractivity contribution in [1.29, 1.82) is 0 Å². The molecular formula is C43H36N2. The molecule has 0 spiro atoms. The minimum Gasteiger partial charge on any atom is -0.344 e. The largest absolute Gasteiger partial charge is 0.344 e. The van der Waals surface area contributed by atoms with Gasteiger partial charge < -0.3 is 9.47 Å². The van der Waals surface area contributed by atoms with E-state index in [9.17, 15) is 0 Å². The molecule has 45 heavy (non-hydrogen) atoms. The smallest absolute Gasteiger partial charge is 0.0490 e. The fraction of sp³-hybridized carbons (Fsp3) is 0.163. The predicted octanol–water partition coefficient (Wildman–Crippen LogP) is 11.4. The number of benzene rings is 6. The Bertz CT molecular complexity index is 2240. The summed E-state index contributed by atoms with van der Waals surface area (Å²) in [5.74, 6) is 0. The van der Waals surface area contributed by atoms with Crippen molar-refractivity contribution in [1.82, 2.24) is 4.57 Å². The lowest BCUT2D eigenvalue weighted by Crippen LogP contribution is -2.18. The number of rotatable bonds is 3. The fourth-order valence-corrected chi connectivity index (χ4v) is 8.40. The molecule has 2 nitrogen and oxygen atoms in total.